The summed E-state index contributed by atoms with van der Waals surface area (Å²) in [5.74, 6) is 1.07. The lowest BCUT2D eigenvalue weighted by atomic mass is 9.96. The summed E-state index contributed by atoms with van der Waals surface area (Å²) in [6, 6.07) is 0.670. The van der Waals surface area contributed by atoms with Crippen molar-refractivity contribution < 1.29 is 4.74 Å². The molecule has 0 aliphatic heterocycles. The van der Waals surface area contributed by atoms with E-state index in [1.807, 2.05) is 6.92 Å². The molecular formula is C14H29N3O. The number of ether oxygens (including phenoxy) is 1. The Morgan fingerprint density at radius 1 is 1.33 bits per heavy atom. The Bertz CT molecular complexity index is 247. The Labute approximate surface area is 111 Å². The quantitative estimate of drug-likeness (QED) is 0.565. The molecule has 3 N–H and O–H groups in total. The molecular weight excluding hydrogens is 226 g/mol. The second-order valence-corrected chi connectivity index (χ2v) is 5.46. The zero-order chi connectivity index (χ0) is 13.4. The summed E-state index contributed by atoms with van der Waals surface area (Å²) >= 11 is 0. The second kappa shape index (κ2) is 8.35. The van der Waals surface area contributed by atoms with Gasteiger partial charge in [0.25, 0.3) is 0 Å². The summed E-state index contributed by atoms with van der Waals surface area (Å²) in [6.07, 6.45) is 6.28. The van der Waals surface area contributed by atoms with Gasteiger partial charge in [0.05, 0.1) is 18.7 Å². The highest BCUT2D eigenvalue weighted by Crippen LogP contribution is 2.20. The van der Waals surface area contributed by atoms with E-state index in [-0.39, 0.29) is 6.04 Å². The summed E-state index contributed by atoms with van der Waals surface area (Å²) in [6.45, 7) is 7.78. The van der Waals surface area contributed by atoms with Crippen LogP contribution in [0.2, 0.25) is 0 Å². The fraction of sp³-hybridized carbons (Fsp3) is 0.929. The fourth-order valence-electron chi connectivity index (χ4n) is 2.28. The monoisotopic (exact) mass is 255 g/mol. The summed E-state index contributed by atoms with van der Waals surface area (Å²) in [5.41, 5.74) is 6.00. The molecule has 0 radical (unpaired) electrons. The molecule has 1 aliphatic rings. The van der Waals surface area contributed by atoms with Crippen LogP contribution in [0.4, 0.5) is 0 Å². The predicted octanol–water partition coefficient (Wildman–Crippen LogP) is 2.28. The van der Waals surface area contributed by atoms with Crippen LogP contribution in [0, 0.1) is 5.92 Å². The third-order valence-corrected chi connectivity index (χ3v) is 3.54. The Morgan fingerprint density at radius 2 is 2.00 bits per heavy atom. The van der Waals surface area contributed by atoms with Crippen LogP contribution in [0.15, 0.2) is 4.99 Å². The van der Waals surface area contributed by atoms with E-state index in [1.54, 1.807) is 0 Å². The number of nitrogens with zero attached hydrogens (tertiary/aromatic N) is 1. The lowest BCUT2D eigenvalue weighted by Gasteiger charge is -2.24. The third kappa shape index (κ3) is 5.71. The maximum Gasteiger partial charge on any atom is 0.189 e. The minimum absolute atomic E-state index is 0.247. The van der Waals surface area contributed by atoms with Gasteiger partial charge in [0.2, 0.25) is 0 Å². The number of aliphatic imine (C=N–C) groups is 1. The van der Waals surface area contributed by atoms with Crippen LogP contribution in [0.25, 0.3) is 0 Å². The Hall–Kier alpha value is -0.770. The molecule has 18 heavy (non-hydrogen) atoms. The Kier molecular flexibility index (Phi) is 7.09. The van der Waals surface area contributed by atoms with E-state index < -0.39 is 0 Å². The highest BCUT2D eigenvalue weighted by molar-refractivity contribution is 5.78. The first-order valence-corrected chi connectivity index (χ1v) is 7.31. The lowest BCUT2D eigenvalue weighted by molar-refractivity contribution is 0.115. The van der Waals surface area contributed by atoms with Crippen molar-refractivity contribution in [3.05, 3.63) is 0 Å². The maximum atomic E-state index is 6.00. The normalized spacial score (nSPS) is 20.1. The number of hydrogen-bond donors (Lipinski definition) is 2. The average Bonchev–Trinajstić information content (AvgIpc) is 2.35. The van der Waals surface area contributed by atoms with Crippen LogP contribution in [0.3, 0.4) is 0 Å². The standard InChI is InChI=1S/C14H29N3O/c1-4-18-10-13(11(2)3)17-14(15)16-12-8-6-5-7-9-12/h11-13H,4-10H2,1-3H3,(H3,15,16,17). The molecule has 1 unspecified atom stereocenters. The van der Waals surface area contributed by atoms with Crippen molar-refractivity contribution in [2.45, 2.75) is 65.0 Å². The molecule has 106 valence electrons. The van der Waals surface area contributed by atoms with Crippen molar-refractivity contribution in [2.24, 2.45) is 16.6 Å². The van der Waals surface area contributed by atoms with Crippen molar-refractivity contribution >= 4 is 5.96 Å². The third-order valence-electron chi connectivity index (χ3n) is 3.54. The first-order chi connectivity index (χ1) is 8.63. The molecule has 1 atom stereocenters. The number of nitrogens with two attached hydrogens (primary N) is 1. The number of guanidine groups is 1. The van der Waals surface area contributed by atoms with Gasteiger partial charge in [-0.25, -0.2) is 0 Å². The van der Waals surface area contributed by atoms with Gasteiger partial charge in [0, 0.05) is 6.61 Å². The van der Waals surface area contributed by atoms with E-state index in [4.69, 9.17) is 10.5 Å². The predicted molar refractivity (Wildman–Crippen MR) is 76.8 cm³/mol. The van der Waals surface area contributed by atoms with Gasteiger partial charge in [0.15, 0.2) is 5.96 Å². The molecule has 1 saturated carbocycles. The minimum Gasteiger partial charge on any atom is -0.380 e. The molecule has 0 aromatic heterocycles. The SMILES string of the molecule is CCOCC(NC(N)=NC1CCCCC1)C(C)C. The van der Waals surface area contributed by atoms with Gasteiger partial charge in [-0.1, -0.05) is 33.1 Å². The second-order valence-electron chi connectivity index (χ2n) is 5.46. The van der Waals surface area contributed by atoms with Crippen molar-refractivity contribution in [1.29, 1.82) is 0 Å². The van der Waals surface area contributed by atoms with Gasteiger partial charge < -0.3 is 15.8 Å². The van der Waals surface area contributed by atoms with Crippen LogP contribution >= 0.6 is 0 Å². The van der Waals surface area contributed by atoms with Gasteiger partial charge in [-0.3, -0.25) is 4.99 Å². The first-order valence-electron chi connectivity index (χ1n) is 7.31. The van der Waals surface area contributed by atoms with Gasteiger partial charge in [0.1, 0.15) is 0 Å². The number of nitrogens with one attached hydrogen (secondary N) is 1. The molecule has 0 aromatic rings. The molecule has 0 aromatic carbocycles. The van der Waals surface area contributed by atoms with Gasteiger partial charge in [-0.05, 0) is 25.7 Å². The van der Waals surface area contributed by atoms with Gasteiger partial charge in [-0.15, -0.1) is 0 Å². The van der Waals surface area contributed by atoms with Crippen LogP contribution in [0.5, 0.6) is 0 Å². The molecule has 1 aliphatic carbocycles. The average molecular weight is 255 g/mol. The lowest BCUT2D eigenvalue weighted by Crippen LogP contribution is -2.46. The minimum atomic E-state index is 0.247. The fourth-order valence-corrected chi connectivity index (χ4v) is 2.28. The smallest absolute Gasteiger partial charge is 0.189 e. The molecule has 0 bridgehead atoms. The van der Waals surface area contributed by atoms with Crippen LogP contribution in [-0.2, 0) is 4.74 Å². The van der Waals surface area contributed by atoms with E-state index in [1.165, 1.54) is 32.1 Å². The largest absolute Gasteiger partial charge is 0.380 e. The molecule has 0 spiro atoms. The van der Waals surface area contributed by atoms with Gasteiger partial charge in [-0.2, -0.15) is 0 Å². The van der Waals surface area contributed by atoms with Crippen LogP contribution in [-0.4, -0.2) is 31.3 Å². The number of rotatable bonds is 6. The summed E-state index contributed by atoms with van der Waals surface area (Å²) in [4.78, 5) is 4.59. The highest BCUT2D eigenvalue weighted by Gasteiger charge is 2.16. The zero-order valence-corrected chi connectivity index (χ0v) is 12.1. The Balaban J connectivity index is 2.43. The van der Waals surface area contributed by atoms with E-state index in [0.717, 1.165) is 6.61 Å². The summed E-state index contributed by atoms with van der Waals surface area (Å²) in [5, 5.41) is 3.30. The molecule has 4 nitrogen and oxygen atoms in total. The summed E-state index contributed by atoms with van der Waals surface area (Å²) in [7, 11) is 0. The van der Waals surface area contributed by atoms with Crippen LogP contribution in [0.1, 0.15) is 52.9 Å². The maximum absolute atomic E-state index is 6.00. The highest BCUT2D eigenvalue weighted by atomic mass is 16.5. The van der Waals surface area contributed by atoms with Crippen molar-refractivity contribution in [3.8, 4) is 0 Å². The first kappa shape index (κ1) is 15.3. The van der Waals surface area contributed by atoms with E-state index >= 15 is 0 Å². The van der Waals surface area contributed by atoms with Crippen molar-refractivity contribution in [2.75, 3.05) is 13.2 Å². The van der Waals surface area contributed by atoms with E-state index in [2.05, 4.69) is 24.2 Å². The molecule has 0 amide bonds. The molecule has 4 heteroatoms. The summed E-state index contributed by atoms with van der Waals surface area (Å²) < 4.78 is 5.47. The topological polar surface area (TPSA) is 59.6 Å². The molecule has 1 rings (SSSR count). The van der Waals surface area contributed by atoms with Crippen LogP contribution < -0.4 is 11.1 Å². The van der Waals surface area contributed by atoms with E-state index in [9.17, 15) is 0 Å². The van der Waals surface area contributed by atoms with Gasteiger partial charge >= 0.3 is 0 Å². The molecule has 0 heterocycles. The molecule has 0 saturated heterocycles. The Morgan fingerprint density at radius 3 is 2.56 bits per heavy atom. The zero-order valence-electron chi connectivity index (χ0n) is 12.1. The number of hydrogen-bond acceptors (Lipinski definition) is 2. The van der Waals surface area contributed by atoms with E-state index in [0.29, 0.717) is 24.5 Å². The van der Waals surface area contributed by atoms with Crippen molar-refractivity contribution in [1.82, 2.24) is 5.32 Å². The van der Waals surface area contributed by atoms with Crippen molar-refractivity contribution in [3.63, 3.8) is 0 Å². The molecule has 1 fully saturated rings.